The first kappa shape index (κ1) is 20.7. The molecule has 158 valence electrons. The van der Waals surface area contributed by atoms with Crippen LogP contribution in [0.4, 0.5) is 8.78 Å². The molecule has 1 aromatic heterocycles. The molecule has 4 rings (SSSR count). The first-order chi connectivity index (χ1) is 14.5. The van der Waals surface area contributed by atoms with E-state index in [0.29, 0.717) is 41.7 Å². The lowest BCUT2D eigenvalue weighted by atomic mass is 9.75. The van der Waals surface area contributed by atoms with Gasteiger partial charge in [-0.3, -0.25) is 9.79 Å². The van der Waals surface area contributed by atoms with Gasteiger partial charge in [-0.15, -0.1) is 0 Å². The molecule has 2 aromatic rings. The zero-order valence-corrected chi connectivity index (χ0v) is 16.8. The number of benzene rings is 1. The van der Waals surface area contributed by atoms with Crippen LogP contribution in [0.1, 0.15) is 28.0 Å². The lowest BCUT2D eigenvalue weighted by Crippen LogP contribution is -2.47. The Balaban J connectivity index is 1.62. The maximum absolute atomic E-state index is 14.9. The van der Waals surface area contributed by atoms with E-state index in [0.717, 1.165) is 0 Å². The van der Waals surface area contributed by atoms with Crippen LogP contribution in [-0.2, 0) is 16.7 Å². The largest absolute Gasteiger partial charge is 0.445 e. The van der Waals surface area contributed by atoms with Gasteiger partial charge in [0.2, 0.25) is 12.7 Å². The van der Waals surface area contributed by atoms with Gasteiger partial charge in [-0.05, 0) is 17.7 Å². The topological polar surface area (TPSA) is 99.7 Å². The Hall–Kier alpha value is -2.59. The van der Waals surface area contributed by atoms with Gasteiger partial charge in [0, 0.05) is 36.7 Å². The average molecular weight is 434 g/mol. The second-order valence-corrected chi connectivity index (χ2v) is 8.15. The number of amidine groups is 1. The van der Waals surface area contributed by atoms with Crippen molar-refractivity contribution in [2.75, 3.05) is 25.8 Å². The van der Waals surface area contributed by atoms with Crippen molar-refractivity contribution in [3.8, 4) is 5.88 Å². The molecule has 2 aliphatic heterocycles. The molecule has 7 nitrogen and oxygen atoms in total. The number of aromatic nitrogens is 2. The van der Waals surface area contributed by atoms with Crippen LogP contribution < -0.4 is 10.5 Å². The molecule has 0 spiro atoms. The Bertz CT molecular complexity index is 973. The number of rotatable bonds is 6. The number of carbonyl (C=O) groups is 1. The van der Waals surface area contributed by atoms with Gasteiger partial charge in [0.1, 0.15) is 11.5 Å². The normalized spacial score (nSPS) is 23.4. The monoisotopic (exact) mass is 434 g/mol. The number of alkyl halides is 1. The van der Waals surface area contributed by atoms with Crippen molar-refractivity contribution in [2.45, 2.75) is 18.4 Å². The molecule has 1 saturated heterocycles. The highest BCUT2D eigenvalue weighted by Gasteiger charge is 2.47. The average Bonchev–Trinajstić information content (AvgIpc) is 2.75. The van der Waals surface area contributed by atoms with Crippen molar-refractivity contribution in [3.63, 3.8) is 0 Å². The fourth-order valence-electron chi connectivity index (χ4n) is 3.84. The number of nitrogens with zero attached hydrogens (tertiary/aromatic N) is 3. The third-order valence-corrected chi connectivity index (χ3v) is 6.30. The summed E-state index contributed by atoms with van der Waals surface area (Å²) in [6, 6.07) is 4.61. The van der Waals surface area contributed by atoms with Crippen molar-refractivity contribution in [2.24, 2.45) is 16.6 Å². The van der Waals surface area contributed by atoms with E-state index in [4.69, 9.17) is 10.5 Å². The number of halogens is 2. The van der Waals surface area contributed by atoms with E-state index in [1.54, 1.807) is 12.1 Å². The zero-order chi connectivity index (χ0) is 21.1. The van der Waals surface area contributed by atoms with Gasteiger partial charge in [0.25, 0.3) is 0 Å². The number of aliphatic imine (C=N–C) groups is 1. The minimum absolute atomic E-state index is 0.00193. The number of hydrogen-bond acceptors (Lipinski definition) is 8. The molecule has 0 amide bonds. The lowest BCUT2D eigenvalue weighted by molar-refractivity contribution is 0.00881. The van der Waals surface area contributed by atoms with Gasteiger partial charge in [0.05, 0.1) is 24.5 Å². The molecule has 2 N–H and O–H groups in total. The highest BCUT2D eigenvalue weighted by molar-refractivity contribution is 8.13. The molecule has 10 heteroatoms. The van der Waals surface area contributed by atoms with Crippen LogP contribution >= 0.6 is 11.8 Å². The molecule has 1 fully saturated rings. The van der Waals surface area contributed by atoms with Crippen molar-refractivity contribution in [1.29, 1.82) is 0 Å². The Morgan fingerprint density at radius 1 is 1.37 bits per heavy atom. The molecule has 0 unspecified atom stereocenters. The Kier molecular flexibility index (Phi) is 5.96. The van der Waals surface area contributed by atoms with Crippen LogP contribution in [0.2, 0.25) is 0 Å². The van der Waals surface area contributed by atoms with E-state index >= 15 is 0 Å². The number of ketones is 1. The number of carbonyl (C=O) groups excluding carboxylic acids is 1. The van der Waals surface area contributed by atoms with Gasteiger partial charge >= 0.3 is 0 Å². The number of ether oxygens (including phenoxy) is 2. The number of nitrogens with two attached hydrogens (primary N) is 1. The standard InChI is InChI=1S/C20H20F2N4O3S/c21-11-29-18-8-24-16(7-25-18)17(27)6-12-1-2-15(22)14(5-12)20-3-4-28-9-13(20)10-30-19(23)26-20/h1-2,5,7-8,13H,3-4,6,9-11H2,(H2,23,26)/t13-,20-/m0/s1. The molecular weight excluding hydrogens is 414 g/mol. The second-order valence-electron chi connectivity index (χ2n) is 7.11. The number of Topliss-reactive ketones (excluding diaryl/α,β-unsaturated/α-hetero) is 1. The first-order valence-corrected chi connectivity index (χ1v) is 10.4. The summed E-state index contributed by atoms with van der Waals surface area (Å²) < 4.78 is 37.3. The zero-order valence-electron chi connectivity index (χ0n) is 16.0. The van der Waals surface area contributed by atoms with Gasteiger partial charge in [0.15, 0.2) is 11.0 Å². The fourth-order valence-corrected chi connectivity index (χ4v) is 4.81. The molecule has 2 aliphatic rings. The molecule has 0 saturated carbocycles. The molecule has 0 aliphatic carbocycles. The predicted octanol–water partition coefficient (Wildman–Crippen LogP) is 2.64. The minimum Gasteiger partial charge on any atom is -0.445 e. The molecule has 2 atom stereocenters. The molecule has 1 aromatic carbocycles. The molecule has 3 heterocycles. The Morgan fingerprint density at radius 2 is 2.23 bits per heavy atom. The highest BCUT2D eigenvalue weighted by Crippen LogP contribution is 2.46. The third-order valence-electron chi connectivity index (χ3n) is 5.34. The maximum Gasteiger partial charge on any atom is 0.234 e. The summed E-state index contributed by atoms with van der Waals surface area (Å²) in [6.07, 6.45) is 2.95. The van der Waals surface area contributed by atoms with Gasteiger partial charge in [-0.25, -0.2) is 18.7 Å². The second kappa shape index (κ2) is 8.65. The van der Waals surface area contributed by atoms with E-state index in [-0.39, 0.29) is 35.5 Å². The maximum atomic E-state index is 14.9. The summed E-state index contributed by atoms with van der Waals surface area (Å²) in [5.74, 6) is 0.0105. The van der Waals surface area contributed by atoms with E-state index in [1.165, 1.54) is 30.2 Å². The van der Waals surface area contributed by atoms with Crippen molar-refractivity contribution < 1.29 is 23.0 Å². The van der Waals surface area contributed by atoms with Crippen LogP contribution in [0.25, 0.3) is 0 Å². The van der Waals surface area contributed by atoms with Gasteiger partial charge < -0.3 is 15.2 Å². The SMILES string of the molecule is NC1=N[C@@]2(c3cc(CC(=O)c4cnc(OCF)cn4)ccc3F)CCOC[C@H]2CS1. The summed E-state index contributed by atoms with van der Waals surface area (Å²) in [5, 5.41) is 0.430. The number of fused-ring (bicyclic) bond motifs is 1. The van der Waals surface area contributed by atoms with E-state index in [1.807, 2.05) is 0 Å². The van der Waals surface area contributed by atoms with Crippen LogP contribution in [0, 0.1) is 11.7 Å². The minimum atomic E-state index is -1.03. The number of hydrogen-bond donors (Lipinski definition) is 1. The number of thioether (sulfide) groups is 1. The van der Waals surface area contributed by atoms with E-state index < -0.39 is 12.4 Å². The summed E-state index contributed by atoms with van der Waals surface area (Å²) in [6.45, 7) is -0.0850. The first-order valence-electron chi connectivity index (χ1n) is 9.40. The Labute approximate surface area is 176 Å². The quantitative estimate of drug-likeness (QED) is 0.698. The third kappa shape index (κ3) is 4.01. The van der Waals surface area contributed by atoms with Crippen molar-refractivity contribution in [1.82, 2.24) is 9.97 Å². The van der Waals surface area contributed by atoms with E-state index in [9.17, 15) is 13.6 Å². The lowest BCUT2D eigenvalue weighted by Gasteiger charge is -2.44. The van der Waals surface area contributed by atoms with Gasteiger partial charge in [-0.2, -0.15) is 0 Å². The summed E-state index contributed by atoms with van der Waals surface area (Å²) in [7, 11) is 0. The van der Waals surface area contributed by atoms with Crippen molar-refractivity contribution in [3.05, 3.63) is 53.2 Å². The summed E-state index contributed by atoms with van der Waals surface area (Å²) >= 11 is 1.44. The van der Waals surface area contributed by atoms with Crippen LogP contribution in [-0.4, -0.2) is 46.7 Å². The molecule has 30 heavy (non-hydrogen) atoms. The van der Waals surface area contributed by atoms with Crippen LogP contribution in [0.3, 0.4) is 0 Å². The summed E-state index contributed by atoms with van der Waals surface area (Å²) in [4.78, 5) is 25.1. The smallest absolute Gasteiger partial charge is 0.234 e. The predicted molar refractivity (Wildman–Crippen MR) is 108 cm³/mol. The molecule has 0 bridgehead atoms. The Morgan fingerprint density at radius 3 is 3.00 bits per heavy atom. The fraction of sp³-hybridized carbons (Fsp3) is 0.400. The van der Waals surface area contributed by atoms with Crippen LogP contribution in [0.5, 0.6) is 5.88 Å². The summed E-state index contributed by atoms with van der Waals surface area (Å²) in [5.41, 5.74) is 6.38. The van der Waals surface area contributed by atoms with Crippen LogP contribution in [0.15, 0.2) is 35.6 Å². The highest BCUT2D eigenvalue weighted by atomic mass is 32.2. The van der Waals surface area contributed by atoms with Gasteiger partial charge in [-0.1, -0.05) is 17.8 Å². The van der Waals surface area contributed by atoms with E-state index in [2.05, 4.69) is 19.7 Å². The molecular formula is C20H20F2N4O3S. The van der Waals surface area contributed by atoms with Crippen molar-refractivity contribution >= 4 is 22.7 Å². The molecule has 0 radical (unpaired) electrons.